The number of tetrazole rings is 1. The molecule has 0 unspecified atom stereocenters. The molecule has 0 spiro atoms. The van der Waals surface area contributed by atoms with E-state index in [0.29, 0.717) is 24.4 Å². The van der Waals surface area contributed by atoms with E-state index in [1.165, 1.54) is 4.68 Å². The lowest BCUT2D eigenvalue weighted by molar-refractivity contribution is -0.153. The number of pyridine rings is 1. The van der Waals surface area contributed by atoms with Crippen LogP contribution in [0.4, 0.5) is 0 Å². The Labute approximate surface area is 109 Å². The minimum absolute atomic E-state index is 0.417. The molecule has 1 aliphatic rings. The smallest absolute Gasteiger partial charge is 0.331 e. The molecule has 1 aliphatic carbocycles. The molecule has 0 aromatic carbocycles. The highest BCUT2D eigenvalue weighted by Gasteiger charge is 2.49. The third-order valence-electron chi connectivity index (χ3n) is 3.68. The highest BCUT2D eigenvalue weighted by atomic mass is 16.4. The lowest BCUT2D eigenvalue weighted by atomic mass is 9.77. The number of nitrogens with zero attached hydrogens (tertiary/aromatic N) is 5. The fourth-order valence-corrected chi connectivity index (χ4v) is 2.37. The van der Waals surface area contributed by atoms with E-state index in [2.05, 4.69) is 20.5 Å². The first-order chi connectivity index (χ1) is 9.15. The van der Waals surface area contributed by atoms with Crippen molar-refractivity contribution < 1.29 is 9.90 Å². The molecule has 0 bridgehead atoms. The number of carbonyl (C=O) groups is 1. The van der Waals surface area contributed by atoms with Crippen molar-refractivity contribution in [1.29, 1.82) is 0 Å². The van der Waals surface area contributed by atoms with E-state index in [1.807, 2.05) is 19.1 Å². The second-order valence-electron chi connectivity index (χ2n) is 4.77. The molecule has 7 nitrogen and oxygen atoms in total. The van der Waals surface area contributed by atoms with Gasteiger partial charge in [0.15, 0.2) is 5.54 Å². The molecule has 2 heterocycles. The standard InChI is InChI=1S/C12H13N5O2/c1-8-4-2-7-13-9(8)10-14-15-16-17(10)12(11(18)19)5-3-6-12/h2,4,7H,3,5-6H2,1H3,(H,18,19). The fraction of sp³-hybridized carbons (Fsp3) is 0.417. The van der Waals surface area contributed by atoms with Crippen LogP contribution in [0, 0.1) is 6.92 Å². The van der Waals surface area contributed by atoms with Gasteiger partial charge in [0.1, 0.15) is 5.69 Å². The summed E-state index contributed by atoms with van der Waals surface area (Å²) >= 11 is 0. The summed E-state index contributed by atoms with van der Waals surface area (Å²) in [5, 5.41) is 20.9. The summed E-state index contributed by atoms with van der Waals surface area (Å²) in [7, 11) is 0. The lowest BCUT2D eigenvalue weighted by Gasteiger charge is -2.37. The summed E-state index contributed by atoms with van der Waals surface area (Å²) in [4.78, 5) is 15.8. The minimum atomic E-state index is -1.01. The van der Waals surface area contributed by atoms with E-state index in [0.717, 1.165) is 12.0 Å². The largest absolute Gasteiger partial charge is 0.479 e. The predicted molar refractivity (Wildman–Crippen MR) is 65.2 cm³/mol. The molecule has 1 saturated carbocycles. The molecule has 7 heteroatoms. The number of hydrogen-bond acceptors (Lipinski definition) is 5. The summed E-state index contributed by atoms with van der Waals surface area (Å²) in [6.07, 6.45) is 3.61. The lowest BCUT2D eigenvalue weighted by Crippen LogP contribution is -2.48. The first-order valence-electron chi connectivity index (χ1n) is 6.09. The van der Waals surface area contributed by atoms with Crippen molar-refractivity contribution >= 4 is 5.97 Å². The molecule has 0 amide bonds. The van der Waals surface area contributed by atoms with Crippen LogP contribution in [0.3, 0.4) is 0 Å². The van der Waals surface area contributed by atoms with Gasteiger partial charge in [0.25, 0.3) is 0 Å². The van der Waals surface area contributed by atoms with Crippen molar-refractivity contribution in [1.82, 2.24) is 25.2 Å². The summed E-state index contributed by atoms with van der Waals surface area (Å²) in [5.41, 5.74) is 0.529. The van der Waals surface area contributed by atoms with E-state index >= 15 is 0 Å². The van der Waals surface area contributed by atoms with Gasteiger partial charge in [-0.2, -0.15) is 0 Å². The number of aromatic nitrogens is 5. The zero-order valence-corrected chi connectivity index (χ0v) is 10.4. The molecule has 2 aromatic heterocycles. The van der Waals surface area contributed by atoms with Crippen molar-refractivity contribution in [2.24, 2.45) is 0 Å². The normalized spacial score (nSPS) is 16.9. The fourth-order valence-electron chi connectivity index (χ4n) is 2.37. The molecule has 3 rings (SSSR count). The van der Waals surface area contributed by atoms with Crippen LogP contribution >= 0.6 is 0 Å². The maximum Gasteiger partial charge on any atom is 0.331 e. The predicted octanol–water partition coefficient (Wildman–Crippen LogP) is 1.01. The Hall–Kier alpha value is -2.31. The third kappa shape index (κ3) is 1.61. The zero-order chi connectivity index (χ0) is 13.5. The van der Waals surface area contributed by atoms with Gasteiger partial charge in [-0.25, -0.2) is 9.48 Å². The van der Waals surface area contributed by atoms with Crippen LogP contribution in [0.15, 0.2) is 18.3 Å². The highest BCUT2D eigenvalue weighted by Crippen LogP contribution is 2.40. The van der Waals surface area contributed by atoms with Gasteiger partial charge in [-0.1, -0.05) is 6.07 Å². The summed E-state index contributed by atoms with van der Waals surface area (Å²) in [6, 6.07) is 3.72. The van der Waals surface area contributed by atoms with Gasteiger partial charge in [-0.3, -0.25) is 4.98 Å². The van der Waals surface area contributed by atoms with Crippen molar-refractivity contribution in [3.05, 3.63) is 23.9 Å². The Balaban J connectivity index is 2.14. The number of carboxylic acid groups (broad SMARTS) is 1. The Morgan fingerprint density at radius 2 is 2.26 bits per heavy atom. The van der Waals surface area contributed by atoms with Gasteiger partial charge in [0, 0.05) is 6.20 Å². The van der Waals surface area contributed by atoms with Crippen LogP contribution in [-0.4, -0.2) is 36.3 Å². The minimum Gasteiger partial charge on any atom is -0.479 e. The maximum absolute atomic E-state index is 11.5. The number of rotatable bonds is 3. The first kappa shape index (κ1) is 11.8. The van der Waals surface area contributed by atoms with Crippen LogP contribution in [0.2, 0.25) is 0 Å². The van der Waals surface area contributed by atoms with Crippen molar-refractivity contribution in [3.63, 3.8) is 0 Å². The van der Waals surface area contributed by atoms with E-state index in [9.17, 15) is 9.90 Å². The van der Waals surface area contributed by atoms with Gasteiger partial charge in [-0.05, 0) is 48.2 Å². The molecule has 19 heavy (non-hydrogen) atoms. The van der Waals surface area contributed by atoms with E-state index in [-0.39, 0.29) is 0 Å². The molecule has 1 N–H and O–H groups in total. The van der Waals surface area contributed by atoms with Gasteiger partial charge in [0.2, 0.25) is 5.82 Å². The molecule has 2 aromatic rings. The summed E-state index contributed by atoms with van der Waals surface area (Å²) < 4.78 is 1.41. The molecule has 1 fully saturated rings. The number of hydrogen-bond donors (Lipinski definition) is 1. The van der Waals surface area contributed by atoms with Crippen molar-refractivity contribution in [2.75, 3.05) is 0 Å². The average molecular weight is 259 g/mol. The van der Waals surface area contributed by atoms with Gasteiger partial charge >= 0.3 is 5.97 Å². The molecule has 0 aliphatic heterocycles. The summed E-state index contributed by atoms with van der Waals surface area (Å²) in [6.45, 7) is 1.90. The molecule has 98 valence electrons. The van der Waals surface area contributed by atoms with Gasteiger partial charge in [0.05, 0.1) is 0 Å². The Morgan fingerprint density at radius 1 is 1.47 bits per heavy atom. The molecular formula is C12H13N5O2. The van der Waals surface area contributed by atoms with Crippen LogP contribution < -0.4 is 0 Å². The van der Waals surface area contributed by atoms with Crippen molar-refractivity contribution in [2.45, 2.75) is 31.7 Å². The Kier molecular flexibility index (Phi) is 2.55. The molecular weight excluding hydrogens is 246 g/mol. The molecule has 0 saturated heterocycles. The average Bonchev–Trinajstić information content (AvgIpc) is 2.77. The maximum atomic E-state index is 11.5. The number of aliphatic carboxylic acids is 1. The summed E-state index contributed by atoms with van der Waals surface area (Å²) in [5.74, 6) is -0.471. The van der Waals surface area contributed by atoms with Crippen LogP contribution in [-0.2, 0) is 10.3 Å². The van der Waals surface area contributed by atoms with Crippen molar-refractivity contribution in [3.8, 4) is 11.5 Å². The van der Waals surface area contributed by atoms with E-state index in [4.69, 9.17) is 0 Å². The van der Waals surface area contributed by atoms with Crippen LogP contribution in [0.25, 0.3) is 11.5 Å². The molecule has 0 atom stereocenters. The topological polar surface area (TPSA) is 93.8 Å². The van der Waals surface area contributed by atoms with Crippen LogP contribution in [0.1, 0.15) is 24.8 Å². The van der Waals surface area contributed by atoms with E-state index < -0.39 is 11.5 Å². The second-order valence-corrected chi connectivity index (χ2v) is 4.77. The second kappa shape index (κ2) is 4.11. The zero-order valence-electron chi connectivity index (χ0n) is 10.4. The first-order valence-corrected chi connectivity index (χ1v) is 6.09. The highest BCUT2D eigenvalue weighted by molar-refractivity contribution is 5.78. The number of aryl methyl sites for hydroxylation is 1. The van der Waals surface area contributed by atoms with Crippen LogP contribution in [0.5, 0.6) is 0 Å². The monoisotopic (exact) mass is 259 g/mol. The van der Waals surface area contributed by atoms with E-state index in [1.54, 1.807) is 6.20 Å². The molecule has 0 radical (unpaired) electrons. The third-order valence-corrected chi connectivity index (χ3v) is 3.68. The number of carboxylic acids is 1. The SMILES string of the molecule is Cc1cccnc1-c1nnnn1C1(C(=O)O)CCC1. The van der Waals surface area contributed by atoms with Gasteiger partial charge < -0.3 is 5.11 Å². The Morgan fingerprint density at radius 3 is 2.84 bits per heavy atom. The Bertz CT molecular complexity index is 633. The van der Waals surface area contributed by atoms with Gasteiger partial charge in [-0.15, -0.1) is 5.10 Å². The quantitative estimate of drug-likeness (QED) is 0.884.